The average Bonchev–Trinajstić information content (AvgIpc) is 3.31. The largest absolute Gasteiger partial charge is 0.477 e. The van der Waals surface area contributed by atoms with Gasteiger partial charge < -0.3 is 20.1 Å². The number of hydrogen-bond donors (Lipinski definition) is 2. The molecule has 3 heterocycles. The lowest BCUT2D eigenvalue weighted by Crippen LogP contribution is -2.36. The number of hydrogen-bond acceptors (Lipinski definition) is 6. The smallest absolute Gasteiger partial charge is 0.345 e. The Balaban J connectivity index is 0.000000269. The predicted octanol–water partition coefficient (Wildman–Crippen LogP) is 3.93. The van der Waals surface area contributed by atoms with Crippen molar-refractivity contribution in [1.29, 1.82) is 0 Å². The fourth-order valence-corrected chi connectivity index (χ4v) is 3.31. The highest BCUT2D eigenvalue weighted by molar-refractivity contribution is 7.11. The molecule has 0 spiro atoms. The maximum absolute atomic E-state index is 12.1. The summed E-state index contributed by atoms with van der Waals surface area (Å²) in [4.78, 5) is 29.2. The van der Waals surface area contributed by atoms with Crippen LogP contribution in [0.1, 0.15) is 25.6 Å². The molecule has 2 N–H and O–H groups in total. The molecule has 1 aromatic carbocycles. The molecule has 0 unspecified atom stereocenters. The number of carboxylic acid groups (broad SMARTS) is 1. The van der Waals surface area contributed by atoms with Crippen molar-refractivity contribution in [2.75, 3.05) is 36.5 Å². The molecule has 1 aliphatic rings. The number of thiophene rings is 1. The van der Waals surface area contributed by atoms with Gasteiger partial charge in [0.25, 0.3) is 5.91 Å². The maximum Gasteiger partial charge on any atom is 0.345 e. The van der Waals surface area contributed by atoms with Gasteiger partial charge in [0.05, 0.1) is 25.1 Å². The quantitative estimate of drug-likeness (QED) is 0.658. The number of carbonyl (C=O) groups is 2. The number of carboxylic acids is 1. The van der Waals surface area contributed by atoms with Crippen LogP contribution in [0, 0.1) is 6.92 Å². The number of aryl methyl sites for hydroxylation is 1. The summed E-state index contributed by atoms with van der Waals surface area (Å²) in [5, 5.41) is 12.9. The van der Waals surface area contributed by atoms with E-state index in [4.69, 9.17) is 9.84 Å². The molecule has 0 atom stereocenters. The normalized spacial score (nSPS) is 13.2. The molecule has 0 bridgehead atoms. The van der Waals surface area contributed by atoms with E-state index >= 15 is 0 Å². The first kappa shape index (κ1) is 21.5. The molecular weight excluding hydrogens is 402 g/mol. The highest BCUT2D eigenvalue weighted by Crippen LogP contribution is 2.16. The van der Waals surface area contributed by atoms with Crippen LogP contribution < -0.4 is 10.2 Å². The second-order valence-corrected chi connectivity index (χ2v) is 7.55. The second-order valence-electron chi connectivity index (χ2n) is 6.61. The first-order chi connectivity index (χ1) is 14.5. The van der Waals surface area contributed by atoms with Crippen molar-refractivity contribution in [1.82, 2.24) is 4.98 Å². The predicted molar refractivity (Wildman–Crippen MR) is 118 cm³/mol. The highest BCUT2D eigenvalue weighted by atomic mass is 32.1. The van der Waals surface area contributed by atoms with E-state index in [1.165, 1.54) is 11.3 Å². The molecule has 1 aliphatic heterocycles. The molecule has 0 radical (unpaired) electrons. The molecule has 1 saturated heterocycles. The van der Waals surface area contributed by atoms with Gasteiger partial charge in [-0.3, -0.25) is 4.79 Å². The molecule has 7 nitrogen and oxygen atoms in total. The maximum atomic E-state index is 12.1. The van der Waals surface area contributed by atoms with Gasteiger partial charge in [0, 0.05) is 18.7 Å². The van der Waals surface area contributed by atoms with E-state index < -0.39 is 5.97 Å². The van der Waals surface area contributed by atoms with Gasteiger partial charge in [-0.15, -0.1) is 11.3 Å². The SMILES string of the molecule is Cc1ccc(C(=O)Nc2ccc(N3CCOCC3)nc2)cc1.O=C(O)c1cccs1. The first-order valence-electron chi connectivity index (χ1n) is 9.46. The molecule has 3 aromatic rings. The number of aromatic nitrogens is 1. The van der Waals surface area contributed by atoms with Crippen molar-refractivity contribution in [2.24, 2.45) is 0 Å². The van der Waals surface area contributed by atoms with Crippen LogP contribution >= 0.6 is 11.3 Å². The van der Waals surface area contributed by atoms with E-state index in [2.05, 4.69) is 15.2 Å². The fourth-order valence-electron chi connectivity index (χ4n) is 2.75. The van der Waals surface area contributed by atoms with Gasteiger partial charge in [-0.05, 0) is 42.6 Å². The summed E-state index contributed by atoms with van der Waals surface area (Å²) in [6.07, 6.45) is 1.69. The Bertz CT molecular complexity index is 951. The number of pyridine rings is 1. The Morgan fingerprint density at radius 1 is 1.10 bits per heavy atom. The van der Waals surface area contributed by atoms with E-state index in [0.29, 0.717) is 16.1 Å². The van der Waals surface area contributed by atoms with Crippen molar-refractivity contribution in [3.8, 4) is 0 Å². The minimum Gasteiger partial charge on any atom is -0.477 e. The van der Waals surface area contributed by atoms with Crippen molar-refractivity contribution in [3.05, 3.63) is 76.1 Å². The summed E-state index contributed by atoms with van der Waals surface area (Å²) >= 11 is 1.23. The van der Waals surface area contributed by atoms with Gasteiger partial charge in [0.1, 0.15) is 10.7 Å². The summed E-state index contributed by atoms with van der Waals surface area (Å²) in [6, 6.07) is 14.6. The molecule has 0 aliphatic carbocycles. The Morgan fingerprint density at radius 3 is 2.37 bits per heavy atom. The molecule has 8 heteroatoms. The number of rotatable bonds is 4. The Kier molecular flexibility index (Phi) is 7.53. The van der Waals surface area contributed by atoms with Crippen LogP contribution in [0.4, 0.5) is 11.5 Å². The van der Waals surface area contributed by atoms with Crippen LogP contribution in [0.2, 0.25) is 0 Å². The van der Waals surface area contributed by atoms with E-state index in [-0.39, 0.29) is 5.91 Å². The number of nitrogens with zero attached hydrogens (tertiary/aromatic N) is 2. The first-order valence-corrected chi connectivity index (χ1v) is 10.3. The van der Waals surface area contributed by atoms with E-state index in [0.717, 1.165) is 37.7 Å². The van der Waals surface area contributed by atoms with Gasteiger partial charge in [-0.1, -0.05) is 23.8 Å². The molecular formula is C22H23N3O4S. The molecule has 30 heavy (non-hydrogen) atoms. The Labute approximate surface area is 179 Å². The fraction of sp³-hybridized carbons (Fsp3) is 0.227. The summed E-state index contributed by atoms with van der Waals surface area (Å²) < 4.78 is 5.33. The number of amides is 1. The topological polar surface area (TPSA) is 91.8 Å². The lowest BCUT2D eigenvalue weighted by molar-refractivity contribution is 0.0702. The third kappa shape index (κ3) is 6.13. The second kappa shape index (κ2) is 10.5. The van der Waals surface area contributed by atoms with Gasteiger partial charge in [0.15, 0.2) is 0 Å². The molecule has 0 saturated carbocycles. The highest BCUT2D eigenvalue weighted by Gasteiger charge is 2.12. The number of nitrogens with one attached hydrogen (secondary N) is 1. The monoisotopic (exact) mass is 425 g/mol. The molecule has 156 valence electrons. The Hall–Kier alpha value is -3.23. The van der Waals surface area contributed by atoms with Crippen LogP contribution in [0.3, 0.4) is 0 Å². The van der Waals surface area contributed by atoms with Gasteiger partial charge in [-0.2, -0.15) is 0 Å². The lowest BCUT2D eigenvalue weighted by atomic mass is 10.1. The molecule has 1 amide bonds. The minimum atomic E-state index is -0.847. The molecule has 4 rings (SSSR count). The zero-order valence-electron chi connectivity index (χ0n) is 16.6. The van der Waals surface area contributed by atoms with Crippen LogP contribution in [-0.2, 0) is 4.74 Å². The number of benzene rings is 1. The van der Waals surface area contributed by atoms with Crippen molar-refractivity contribution >= 4 is 34.7 Å². The average molecular weight is 426 g/mol. The zero-order chi connectivity index (χ0) is 21.3. The summed E-state index contributed by atoms with van der Waals surface area (Å²) in [6.45, 7) is 5.15. The van der Waals surface area contributed by atoms with E-state index in [1.54, 1.807) is 23.7 Å². The zero-order valence-corrected chi connectivity index (χ0v) is 17.4. The number of carbonyl (C=O) groups excluding carboxylic acids is 1. The third-order valence-electron chi connectivity index (χ3n) is 4.39. The third-order valence-corrected chi connectivity index (χ3v) is 5.24. The molecule has 2 aromatic heterocycles. The molecule has 1 fully saturated rings. The van der Waals surface area contributed by atoms with Crippen molar-refractivity contribution in [2.45, 2.75) is 6.92 Å². The minimum absolute atomic E-state index is 0.124. The van der Waals surface area contributed by atoms with E-state index in [1.807, 2.05) is 43.3 Å². The summed E-state index contributed by atoms with van der Waals surface area (Å²) in [5.74, 6) is -0.0578. The van der Waals surface area contributed by atoms with Crippen molar-refractivity contribution in [3.63, 3.8) is 0 Å². The number of ether oxygens (including phenoxy) is 1. The van der Waals surface area contributed by atoms with Crippen LogP contribution in [-0.4, -0.2) is 48.3 Å². The Morgan fingerprint density at radius 2 is 1.83 bits per heavy atom. The van der Waals surface area contributed by atoms with Gasteiger partial charge in [-0.25, -0.2) is 9.78 Å². The number of anilines is 2. The van der Waals surface area contributed by atoms with E-state index in [9.17, 15) is 9.59 Å². The van der Waals surface area contributed by atoms with Crippen LogP contribution in [0.25, 0.3) is 0 Å². The van der Waals surface area contributed by atoms with Gasteiger partial charge >= 0.3 is 5.97 Å². The standard InChI is InChI=1S/C17H19N3O2.C5H4O2S/c1-13-2-4-14(5-3-13)17(21)19-15-6-7-16(18-12-15)20-8-10-22-11-9-20;6-5(7)4-2-1-3-8-4/h2-7,12H,8-11H2,1H3,(H,19,21);1-3H,(H,6,7). The summed E-state index contributed by atoms with van der Waals surface area (Å²) in [5.41, 5.74) is 2.47. The van der Waals surface area contributed by atoms with Gasteiger partial charge in [0.2, 0.25) is 0 Å². The van der Waals surface area contributed by atoms with Crippen LogP contribution in [0.5, 0.6) is 0 Å². The lowest BCUT2D eigenvalue weighted by Gasteiger charge is -2.27. The number of aromatic carboxylic acids is 1. The number of morpholine rings is 1. The summed E-state index contributed by atoms with van der Waals surface area (Å²) in [7, 11) is 0. The van der Waals surface area contributed by atoms with Crippen LogP contribution in [0.15, 0.2) is 60.1 Å². The van der Waals surface area contributed by atoms with Crippen molar-refractivity contribution < 1.29 is 19.4 Å².